The maximum Gasteiger partial charge on any atom is 0.261 e. The molecule has 0 saturated carbocycles. The predicted molar refractivity (Wildman–Crippen MR) is 126 cm³/mol. The highest BCUT2D eigenvalue weighted by atomic mass is 35.5. The van der Waals surface area contributed by atoms with E-state index in [1.54, 1.807) is 35.2 Å². The molecule has 168 valence electrons. The fourth-order valence-corrected chi connectivity index (χ4v) is 3.39. The maximum atomic E-state index is 13.1. The molecule has 0 heterocycles. The SMILES string of the molecule is CCCCNC(=O)C(CC)N(Cc1ccc(Cl)cc1)C(=O)COc1ccc(Cl)c(C)c1. The molecule has 0 aliphatic heterocycles. The molecule has 2 rings (SSSR count). The average molecular weight is 465 g/mol. The second-order valence-corrected chi connectivity index (χ2v) is 8.26. The lowest BCUT2D eigenvalue weighted by Gasteiger charge is -2.30. The quantitative estimate of drug-likeness (QED) is 0.452. The van der Waals surface area contributed by atoms with Gasteiger partial charge in [-0.15, -0.1) is 0 Å². The van der Waals surface area contributed by atoms with Crippen LogP contribution in [0.2, 0.25) is 10.0 Å². The van der Waals surface area contributed by atoms with Crippen LogP contribution in [0.3, 0.4) is 0 Å². The van der Waals surface area contributed by atoms with E-state index in [0.717, 1.165) is 24.0 Å². The molecule has 7 heteroatoms. The highest BCUT2D eigenvalue weighted by Gasteiger charge is 2.28. The third-order valence-corrected chi connectivity index (χ3v) is 5.65. The van der Waals surface area contributed by atoms with Crippen molar-refractivity contribution in [1.82, 2.24) is 10.2 Å². The van der Waals surface area contributed by atoms with Crippen LogP contribution in [0, 0.1) is 6.92 Å². The van der Waals surface area contributed by atoms with E-state index < -0.39 is 6.04 Å². The van der Waals surface area contributed by atoms with E-state index in [-0.39, 0.29) is 18.4 Å². The number of carbonyl (C=O) groups is 2. The largest absolute Gasteiger partial charge is 0.484 e. The van der Waals surface area contributed by atoms with E-state index in [1.165, 1.54) is 0 Å². The summed E-state index contributed by atoms with van der Waals surface area (Å²) in [5.41, 5.74) is 1.76. The smallest absolute Gasteiger partial charge is 0.261 e. The minimum atomic E-state index is -0.587. The van der Waals surface area contributed by atoms with Crippen molar-refractivity contribution < 1.29 is 14.3 Å². The Kier molecular flexibility index (Phi) is 10.2. The number of aryl methyl sites for hydroxylation is 1. The number of hydrogen-bond acceptors (Lipinski definition) is 3. The van der Waals surface area contributed by atoms with Gasteiger partial charge in [-0.2, -0.15) is 0 Å². The van der Waals surface area contributed by atoms with E-state index in [2.05, 4.69) is 12.2 Å². The molecule has 0 aliphatic carbocycles. The summed E-state index contributed by atoms with van der Waals surface area (Å²) in [5.74, 6) is 0.141. The van der Waals surface area contributed by atoms with Crippen LogP contribution >= 0.6 is 23.2 Å². The van der Waals surface area contributed by atoms with Gasteiger partial charge in [0.05, 0.1) is 0 Å². The predicted octanol–water partition coefficient (Wildman–Crippen LogP) is 5.40. The number of hydrogen-bond donors (Lipinski definition) is 1. The van der Waals surface area contributed by atoms with Gasteiger partial charge < -0.3 is 15.0 Å². The molecule has 2 aromatic rings. The number of carbonyl (C=O) groups excluding carboxylic acids is 2. The summed E-state index contributed by atoms with van der Waals surface area (Å²) in [6.07, 6.45) is 2.38. The standard InChI is InChI=1S/C24H30Cl2N2O3/c1-4-6-13-27-24(30)22(5-2)28(15-18-7-9-19(25)10-8-18)23(29)16-31-20-11-12-21(26)17(3)14-20/h7-12,14,22H,4-6,13,15-16H2,1-3H3,(H,27,30). The Morgan fingerprint density at radius 2 is 1.81 bits per heavy atom. The van der Waals surface area contributed by atoms with Crippen molar-refractivity contribution in [3.05, 3.63) is 63.6 Å². The van der Waals surface area contributed by atoms with E-state index in [1.807, 2.05) is 26.0 Å². The zero-order chi connectivity index (χ0) is 22.8. The van der Waals surface area contributed by atoms with Crippen LogP contribution < -0.4 is 10.1 Å². The molecular weight excluding hydrogens is 435 g/mol. The van der Waals surface area contributed by atoms with Gasteiger partial charge in [-0.3, -0.25) is 9.59 Å². The second-order valence-electron chi connectivity index (χ2n) is 7.42. The van der Waals surface area contributed by atoms with E-state index in [9.17, 15) is 9.59 Å². The zero-order valence-electron chi connectivity index (χ0n) is 18.3. The summed E-state index contributed by atoms with van der Waals surface area (Å²) >= 11 is 12.0. The van der Waals surface area contributed by atoms with Crippen molar-refractivity contribution in [3.63, 3.8) is 0 Å². The van der Waals surface area contributed by atoms with Gasteiger partial charge >= 0.3 is 0 Å². The number of halogens is 2. The Balaban J connectivity index is 2.17. The monoisotopic (exact) mass is 464 g/mol. The topological polar surface area (TPSA) is 58.6 Å². The van der Waals surface area contributed by atoms with Crippen LogP contribution in [0.5, 0.6) is 5.75 Å². The van der Waals surface area contributed by atoms with Gasteiger partial charge in [-0.25, -0.2) is 0 Å². The minimum Gasteiger partial charge on any atom is -0.484 e. The number of amides is 2. The number of nitrogens with one attached hydrogen (secondary N) is 1. The Bertz CT molecular complexity index is 872. The van der Waals surface area contributed by atoms with Gasteiger partial charge in [0.25, 0.3) is 5.91 Å². The molecule has 1 atom stereocenters. The number of ether oxygens (including phenoxy) is 1. The molecule has 0 fully saturated rings. The Labute approximate surface area is 194 Å². The van der Waals surface area contributed by atoms with Crippen molar-refractivity contribution in [1.29, 1.82) is 0 Å². The third-order valence-electron chi connectivity index (χ3n) is 4.97. The molecule has 5 nitrogen and oxygen atoms in total. The van der Waals surface area contributed by atoms with Gasteiger partial charge in [0.1, 0.15) is 11.8 Å². The summed E-state index contributed by atoms with van der Waals surface area (Å²) in [7, 11) is 0. The number of nitrogens with zero attached hydrogens (tertiary/aromatic N) is 1. The van der Waals surface area contributed by atoms with Crippen molar-refractivity contribution in [2.75, 3.05) is 13.2 Å². The second kappa shape index (κ2) is 12.6. The van der Waals surface area contributed by atoms with Crippen molar-refractivity contribution in [3.8, 4) is 5.75 Å². The van der Waals surface area contributed by atoms with Gasteiger partial charge in [0.15, 0.2) is 6.61 Å². The van der Waals surface area contributed by atoms with Gasteiger partial charge in [0.2, 0.25) is 5.91 Å². The molecule has 0 spiro atoms. The molecule has 1 N–H and O–H groups in total. The summed E-state index contributed by atoms with van der Waals surface area (Å²) in [5, 5.41) is 4.20. The first-order valence-electron chi connectivity index (χ1n) is 10.6. The molecule has 2 amide bonds. The van der Waals surface area contributed by atoms with Crippen molar-refractivity contribution >= 4 is 35.0 Å². The van der Waals surface area contributed by atoms with Crippen molar-refractivity contribution in [2.45, 2.75) is 52.6 Å². The highest BCUT2D eigenvalue weighted by Crippen LogP contribution is 2.21. The van der Waals surface area contributed by atoms with Gasteiger partial charge in [0, 0.05) is 23.1 Å². The minimum absolute atomic E-state index is 0.152. The van der Waals surface area contributed by atoms with Crippen LogP contribution in [0.4, 0.5) is 0 Å². The van der Waals surface area contributed by atoms with E-state index in [0.29, 0.717) is 35.3 Å². The molecule has 0 saturated heterocycles. The lowest BCUT2D eigenvalue weighted by molar-refractivity contribution is -0.143. The van der Waals surface area contributed by atoms with Crippen LogP contribution in [-0.4, -0.2) is 35.9 Å². The lowest BCUT2D eigenvalue weighted by Crippen LogP contribution is -2.50. The number of benzene rings is 2. The van der Waals surface area contributed by atoms with Crippen LogP contribution in [0.25, 0.3) is 0 Å². The van der Waals surface area contributed by atoms with Crippen LogP contribution in [-0.2, 0) is 16.1 Å². The zero-order valence-corrected chi connectivity index (χ0v) is 19.8. The van der Waals surface area contributed by atoms with E-state index >= 15 is 0 Å². The summed E-state index contributed by atoms with van der Waals surface area (Å²) in [4.78, 5) is 27.5. The first kappa shape index (κ1) is 25.0. The molecule has 0 bridgehead atoms. The number of unbranched alkanes of at least 4 members (excludes halogenated alkanes) is 1. The van der Waals surface area contributed by atoms with E-state index in [4.69, 9.17) is 27.9 Å². The Morgan fingerprint density at radius 3 is 2.42 bits per heavy atom. The van der Waals surface area contributed by atoms with Crippen LogP contribution in [0.15, 0.2) is 42.5 Å². The summed E-state index contributed by atoms with van der Waals surface area (Å²) in [6, 6.07) is 11.9. The maximum absolute atomic E-state index is 13.1. The summed E-state index contributed by atoms with van der Waals surface area (Å²) < 4.78 is 5.71. The molecule has 2 aromatic carbocycles. The average Bonchev–Trinajstić information content (AvgIpc) is 2.75. The van der Waals surface area contributed by atoms with Crippen molar-refractivity contribution in [2.24, 2.45) is 0 Å². The van der Waals surface area contributed by atoms with Gasteiger partial charge in [-0.1, -0.05) is 55.6 Å². The molecule has 0 aromatic heterocycles. The lowest BCUT2D eigenvalue weighted by atomic mass is 10.1. The first-order chi connectivity index (χ1) is 14.8. The fraction of sp³-hybridized carbons (Fsp3) is 0.417. The Morgan fingerprint density at radius 1 is 1.10 bits per heavy atom. The highest BCUT2D eigenvalue weighted by molar-refractivity contribution is 6.31. The van der Waals surface area contributed by atoms with Gasteiger partial charge in [-0.05, 0) is 61.2 Å². The van der Waals surface area contributed by atoms with Crippen LogP contribution in [0.1, 0.15) is 44.2 Å². The molecule has 0 aliphatic rings. The Hall–Kier alpha value is -2.24. The molecule has 1 unspecified atom stereocenters. The molecule has 31 heavy (non-hydrogen) atoms. The molecule has 0 radical (unpaired) electrons. The number of rotatable bonds is 11. The third kappa shape index (κ3) is 7.75. The summed E-state index contributed by atoms with van der Waals surface area (Å²) in [6.45, 7) is 6.55. The molecular formula is C24H30Cl2N2O3. The fourth-order valence-electron chi connectivity index (χ4n) is 3.15. The first-order valence-corrected chi connectivity index (χ1v) is 11.3. The normalized spacial score (nSPS) is 11.6.